The van der Waals surface area contributed by atoms with Crippen molar-refractivity contribution in [1.29, 1.82) is 0 Å². The molecule has 3 aliphatic rings. The molecule has 144 valence electrons. The topological polar surface area (TPSA) is 47.6 Å². The van der Waals surface area contributed by atoms with Crippen molar-refractivity contribution in [3.8, 4) is 11.5 Å². The third-order valence-corrected chi connectivity index (χ3v) is 5.72. The second-order valence-corrected chi connectivity index (χ2v) is 8.53. The maximum Gasteiger partial charge on any atom is 0.163 e. The van der Waals surface area contributed by atoms with Gasteiger partial charge in [-0.3, -0.25) is 4.79 Å². The quantitative estimate of drug-likeness (QED) is 0.773. The average molecular weight is 379 g/mol. The van der Waals surface area contributed by atoms with Gasteiger partial charge in [0.25, 0.3) is 0 Å². The highest BCUT2D eigenvalue weighted by molar-refractivity contribution is 6.01. The summed E-state index contributed by atoms with van der Waals surface area (Å²) in [6.07, 6.45) is 1.30. The predicted molar refractivity (Wildman–Crippen MR) is 104 cm³/mol. The van der Waals surface area contributed by atoms with Gasteiger partial charge in [0.1, 0.15) is 19.0 Å². The monoisotopic (exact) mass is 379 g/mol. The molecule has 0 aromatic heterocycles. The summed E-state index contributed by atoms with van der Waals surface area (Å²) in [7, 11) is 0. The molecule has 0 bridgehead atoms. The molecule has 0 fully saturated rings. The summed E-state index contributed by atoms with van der Waals surface area (Å²) in [5.41, 5.74) is 4.43. The van der Waals surface area contributed by atoms with Gasteiger partial charge in [0.2, 0.25) is 0 Å². The van der Waals surface area contributed by atoms with Gasteiger partial charge >= 0.3 is 0 Å². The van der Waals surface area contributed by atoms with Gasteiger partial charge in [-0.1, -0.05) is 26.0 Å². The highest BCUT2D eigenvalue weighted by Gasteiger charge is 2.41. The largest absolute Gasteiger partial charge is 0.486 e. The molecule has 0 unspecified atom stereocenters. The van der Waals surface area contributed by atoms with E-state index in [4.69, 9.17) is 9.47 Å². The third-order valence-electron chi connectivity index (χ3n) is 5.72. The molecule has 2 aliphatic heterocycles. The van der Waals surface area contributed by atoms with E-state index in [2.05, 4.69) is 19.2 Å². The minimum Gasteiger partial charge on any atom is -0.486 e. The van der Waals surface area contributed by atoms with E-state index in [-0.39, 0.29) is 22.9 Å². The van der Waals surface area contributed by atoms with Crippen molar-refractivity contribution in [3.05, 3.63) is 64.6 Å². The number of fused-ring (bicyclic) bond motifs is 2. The average Bonchev–Trinajstić information content (AvgIpc) is 2.64. The number of Topliss-reactive ketones (excluding diaryl/α,β-unsaturated/α-hetero) is 1. The number of allylic oxidation sites excluding steroid dienone is 2. The first-order valence-electron chi connectivity index (χ1n) is 9.64. The van der Waals surface area contributed by atoms with Crippen LogP contribution in [0.4, 0.5) is 10.1 Å². The van der Waals surface area contributed by atoms with Gasteiger partial charge in [0.15, 0.2) is 17.3 Å². The number of rotatable bonds is 1. The van der Waals surface area contributed by atoms with Gasteiger partial charge in [0.05, 0.1) is 0 Å². The van der Waals surface area contributed by atoms with Crippen molar-refractivity contribution in [3.63, 3.8) is 0 Å². The molecule has 1 N–H and O–H groups in total. The smallest absolute Gasteiger partial charge is 0.163 e. The summed E-state index contributed by atoms with van der Waals surface area (Å²) < 4.78 is 25.1. The second kappa shape index (κ2) is 6.09. The van der Waals surface area contributed by atoms with E-state index in [0.717, 1.165) is 34.5 Å². The Morgan fingerprint density at radius 1 is 1.04 bits per heavy atom. The standard InChI is InChI=1S/C23H22FNO3/c1-23(2)11-17-22(18(26)12-23)21(13-3-5-14(24)6-4-13)15-9-19-20(10-16(15)25-17)28-8-7-27-19/h3-6,9-10,21,25H,7-8,11-12H2,1-2H3/t21-/m1/s1. The van der Waals surface area contributed by atoms with Crippen LogP contribution in [0.1, 0.15) is 43.7 Å². The Hall–Kier alpha value is -2.82. The number of nitrogens with one attached hydrogen (secondary N) is 1. The van der Waals surface area contributed by atoms with Crippen LogP contribution in [0.5, 0.6) is 11.5 Å². The van der Waals surface area contributed by atoms with Crippen LogP contribution < -0.4 is 14.8 Å². The van der Waals surface area contributed by atoms with E-state index in [9.17, 15) is 9.18 Å². The van der Waals surface area contributed by atoms with E-state index >= 15 is 0 Å². The van der Waals surface area contributed by atoms with E-state index in [1.54, 1.807) is 12.1 Å². The number of anilines is 1. The molecule has 28 heavy (non-hydrogen) atoms. The fraction of sp³-hybridized carbons (Fsp3) is 0.348. The second-order valence-electron chi connectivity index (χ2n) is 8.53. The Kier molecular flexibility index (Phi) is 3.76. The molecule has 2 heterocycles. The van der Waals surface area contributed by atoms with Crippen molar-refractivity contribution < 1.29 is 18.7 Å². The van der Waals surface area contributed by atoms with Crippen LogP contribution in [0.3, 0.4) is 0 Å². The molecular weight excluding hydrogens is 357 g/mol. The van der Waals surface area contributed by atoms with Crippen LogP contribution in [0.15, 0.2) is 47.7 Å². The van der Waals surface area contributed by atoms with Gasteiger partial charge in [-0.2, -0.15) is 0 Å². The SMILES string of the molecule is CC1(C)CC(=O)C2=C(C1)Nc1cc3c(cc1[C@H]2c1ccc(F)cc1)OCCO3. The minimum atomic E-state index is -0.287. The third kappa shape index (κ3) is 2.77. The van der Waals surface area contributed by atoms with E-state index in [1.165, 1.54) is 12.1 Å². The normalized spacial score (nSPS) is 22.2. The number of ketones is 1. The summed E-state index contributed by atoms with van der Waals surface area (Å²) >= 11 is 0. The number of carbonyl (C=O) groups is 1. The van der Waals surface area contributed by atoms with Crippen LogP contribution in [0, 0.1) is 11.2 Å². The zero-order chi connectivity index (χ0) is 19.5. The van der Waals surface area contributed by atoms with Crippen LogP contribution in [-0.4, -0.2) is 19.0 Å². The molecule has 5 rings (SSSR count). The van der Waals surface area contributed by atoms with Crippen molar-refractivity contribution in [2.75, 3.05) is 18.5 Å². The minimum absolute atomic E-state index is 0.0956. The van der Waals surface area contributed by atoms with E-state index < -0.39 is 0 Å². The number of carbonyl (C=O) groups excluding carboxylic acids is 1. The summed E-state index contributed by atoms with van der Waals surface area (Å²) in [5.74, 6) is 1.01. The van der Waals surface area contributed by atoms with Crippen molar-refractivity contribution in [2.45, 2.75) is 32.6 Å². The summed E-state index contributed by atoms with van der Waals surface area (Å²) in [4.78, 5) is 13.2. The van der Waals surface area contributed by atoms with Crippen molar-refractivity contribution in [1.82, 2.24) is 0 Å². The highest BCUT2D eigenvalue weighted by Crippen LogP contribution is 2.51. The molecule has 0 spiro atoms. The maximum absolute atomic E-state index is 13.6. The lowest BCUT2D eigenvalue weighted by molar-refractivity contribution is -0.118. The Bertz CT molecular complexity index is 1010. The van der Waals surface area contributed by atoms with Gasteiger partial charge in [-0.25, -0.2) is 4.39 Å². The summed E-state index contributed by atoms with van der Waals surface area (Å²) in [5, 5.41) is 3.50. The first-order chi connectivity index (χ1) is 13.4. The number of hydrogen-bond acceptors (Lipinski definition) is 4. The van der Waals surface area contributed by atoms with Gasteiger partial charge in [-0.05, 0) is 41.2 Å². The molecule has 0 amide bonds. The molecule has 2 aromatic carbocycles. The van der Waals surface area contributed by atoms with Crippen LogP contribution in [-0.2, 0) is 4.79 Å². The molecular formula is C23H22FNO3. The van der Waals surface area contributed by atoms with E-state index in [1.807, 2.05) is 12.1 Å². The molecule has 4 nitrogen and oxygen atoms in total. The molecule has 0 saturated heterocycles. The van der Waals surface area contributed by atoms with E-state index in [0.29, 0.717) is 31.1 Å². The lowest BCUT2D eigenvalue weighted by Gasteiger charge is -2.40. The Morgan fingerprint density at radius 2 is 1.71 bits per heavy atom. The molecule has 5 heteroatoms. The van der Waals surface area contributed by atoms with Crippen LogP contribution in [0.2, 0.25) is 0 Å². The van der Waals surface area contributed by atoms with Gasteiger partial charge < -0.3 is 14.8 Å². The Labute approximate surface area is 163 Å². The van der Waals surface area contributed by atoms with Crippen LogP contribution in [0.25, 0.3) is 0 Å². The highest BCUT2D eigenvalue weighted by atomic mass is 19.1. The lowest BCUT2D eigenvalue weighted by Crippen LogP contribution is -2.34. The Morgan fingerprint density at radius 3 is 2.43 bits per heavy atom. The molecule has 0 radical (unpaired) electrons. The summed E-state index contributed by atoms with van der Waals surface area (Å²) in [6.45, 7) is 5.25. The fourth-order valence-corrected chi connectivity index (χ4v) is 4.55. The zero-order valence-electron chi connectivity index (χ0n) is 16.0. The summed E-state index contributed by atoms with van der Waals surface area (Å²) in [6, 6.07) is 10.4. The van der Waals surface area contributed by atoms with Crippen molar-refractivity contribution in [2.24, 2.45) is 5.41 Å². The molecule has 1 aliphatic carbocycles. The Balaban J connectivity index is 1.72. The molecule has 1 atom stereocenters. The van der Waals surface area contributed by atoms with Gasteiger partial charge in [-0.15, -0.1) is 0 Å². The first-order valence-corrected chi connectivity index (χ1v) is 9.64. The molecule has 0 saturated carbocycles. The molecule has 2 aromatic rings. The number of benzene rings is 2. The first kappa shape index (κ1) is 17.3. The van der Waals surface area contributed by atoms with Gasteiger partial charge in [0, 0.05) is 35.4 Å². The van der Waals surface area contributed by atoms with Crippen LogP contribution >= 0.6 is 0 Å². The fourth-order valence-electron chi connectivity index (χ4n) is 4.55. The number of halogens is 1. The predicted octanol–water partition coefficient (Wildman–Crippen LogP) is 4.80. The maximum atomic E-state index is 13.6. The number of ether oxygens (including phenoxy) is 2. The van der Waals surface area contributed by atoms with Crippen molar-refractivity contribution >= 4 is 11.5 Å². The lowest BCUT2D eigenvalue weighted by atomic mass is 9.68. The zero-order valence-corrected chi connectivity index (χ0v) is 16.0. The number of hydrogen-bond donors (Lipinski definition) is 1.